The molecule has 1 aromatic carbocycles. The van der Waals surface area contributed by atoms with Gasteiger partial charge in [0.1, 0.15) is 0 Å². The molecule has 0 spiro atoms. The van der Waals surface area contributed by atoms with Gasteiger partial charge in [0.25, 0.3) is 0 Å². The number of hydrogen-bond donors (Lipinski definition) is 1. The summed E-state index contributed by atoms with van der Waals surface area (Å²) in [6.07, 6.45) is 5.55. The molecule has 1 unspecified atom stereocenters. The molecule has 0 heterocycles. The van der Waals surface area contributed by atoms with Gasteiger partial charge in [-0.3, -0.25) is 0 Å². The lowest BCUT2D eigenvalue weighted by Gasteiger charge is -2.17. The maximum absolute atomic E-state index is 3.71. The van der Waals surface area contributed by atoms with Gasteiger partial charge in [0.05, 0.1) is 0 Å². The topological polar surface area (TPSA) is 12.0 Å². The molecule has 18 heavy (non-hydrogen) atoms. The highest BCUT2D eigenvalue weighted by atomic mass is 14.9. The summed E-state index contributed by atoms with van der Waals surface area (Å²) >= 11 is 0. The first kappa shape index (κ1) is 13.6. The number of nitrogens with one attached hydrogen (secondary N) is 1. The van der Waals surface area contributed by atoms with Gasteiger partial charge in [0.2, 0.25) is 0 Å². The molecule has 0 radical (unpaired) electrons. The summed E-state index contributed by atoms with van der Waals surface area (Å²) in [6, 6.07) is 9.79. The Bertz CT molecular complexity index is 348. The van der Waals surface area contributed by atoms with E-state index in [2.05, 4.69) is 50.4 Å². The smallest absolute Gasteiger partial charge is 0.0208 e. The van der Waals surface area contributed by atoms with Crippen LogP contribution >= 0.6 is 0 Å². The molecule has 1 fully saturated rings. The molecular formula is C17H27N. The molecule has 1 saturated carbocycles. The summed E-state index contributed by atoms with van der Waals surface area (Å²) in [5, 5.41) is 3.71. The first-order valence-electron chi connectivity index (χ1n) is 7.51. The summed E-state index contributed by atoms with van der Waals surface area (Å²) < 4.78 is 0. The van der Waals surface area contributed by atoms with E-state index in [4.69, 9.17) is 0 Å². The molecule has 0 amide bonds. The van der Waals surface area contributed by atoms with Crippen molar-refractivity contribution in [3.63, 3.8) is 0 Å². The van der Waals surface area contributed by atoms with Gasteiger partial charge >= 0.3 is 0 Å². The third-order valence-corrected chi connectivity index (χ3v) is 4.05. The van der Waals surface area contributed by atoms with Crippen LogP contribution < -0.4 is 5.32 Å². The second-order valence-electron chi connectivity index (χ2n) is 6.06. The average molecular weight is 245 g/mol. The van der Waals surface area contributed by atoms with Crippen LogP contribution in [0.15, 0.2) is 24.3 Å². The Labute approximate surface area is 112 Å². The van der Waals surface area contributed by atoms with Crippen molar-refractivity contribution in [1.82, 2.24) is 5.32 Å². The van der Waals surface area contributed by atoms with Crippen molar-refractivity contribution in [1.29, 1.82) is 0 Å². The van der Waals surface area contributed by atoms with E-state index in [1.165, 1.54) is 36.8 Å². The van der Waals surface area contributed by atoms with Gasteiger partial charge in [0.15, 0.2) is 0 Å². The Morgan fingerprint density at radius 3 is 2.33 bits per heavy atom. The predicted molar refractivity (Wildman–Crippen MR) is 78.8 cm³/mol. The van der Waals surface area contributed by atoms with Crippen molar-refractivity contribution >= 4 is 0 Å². The first-order chi connectivity index (χ1) is 8.69. The normalized spacial score (nSPS) is 17.1. The predicted octanol–water partition coefficient (Wildman–Crippen LogP) is 4.48. The van der Waals surface area contributed by atoms with Crippen LogP contribution in [0, 0.1) is 5.92 Å². The summed E-state index contributed by atoms with van der Waals surface area (Å²) in [5.74, 6) is 1.65. The Balaban J connectivity index is 1.80. The first-order valence-corrected chi connectivity index (χ1v) is 7.51. The number of rotatable bonds is 7. The van der Waals surface area contributed by atoms with Gasteiger partial charge < -0.3 is 5.32 Å². The second kappa shape index (κ2) is 6.38. The zero-order valence-electron chi connectivity index (χ0n) is 12.1. The van der Waals surface area contributed by atoms with Crippen molar-refractivity contribution in [2.75, 3.05) is 0 Å². The van der Waals surface area contributed by atoms with Crippen LogP contribution in [0.3, 0.4) is 0 Å². The maximum Gasteiger partial charge on any atom is 0.0208 e. The highest BCUT2D eigenvalue weighted by Crippen LogP contribution is 2.34. The van der Waals surface area contributed by atoms with E-state index in [1.807, 2.05) is 0 Å². The van der Waals surface area contributed by atoms with E-state index in [0.717, 1.165) is 12.5 Å². The molecule has 0 bridgehead atoms. The molecule has 0 aliphatic heterocycles. The number of hydrogen-bond acceptors (Lipinski definition) is 1. The highest BCUT2D eigenvalue weighted by molar-refractivity contribution is 5.24. The molecule has 0 aromatic heterocycles. The Morgan fingerprint density at radius 1 is 1.17 bits per heavy atom. The molecule has 1 nitrogen and oxygen atoms in total. The lowest BCUT2D eigenvalue weighted by molar-refractivity contribution is 0.445. The van der Waals surface area contributed by atoms with Crippen LogP contribution in [0.1, 0.15) is 63.5 Å². The lowest BCUT2D eigenvalue weighted by atomic mass is 10.0. The summed E-state index contributed by atoms with van der Waals surface area (Å²) in [5.41, 5.74) is 2.84. The molecule has 1 aliphatic rings. The van der Waals surface area contributed by atoms with Crippen molar-refractivity contribution < 1.29 is 0 Å². The molecule has 1 atom stereocenters. The molecule has 1 aromatic rings. The minimum absolute atomic E-state index is 0.630. The fourth-order valence-corrected chi connectivity index (χ4v) is 2.43. The third-order valence-electron chi connectivity index (χ3n) is 4.05. The SMILES string of the molecule is CCC(CC1CC1)NCc1ccc(C(C)C)cc1. The van der Waals surface area contributed by atoms with Gasteiger partial charge in [0, 0.05) is 12.6 Å². The fourth-order valence-electron chi connectivity index (χ4n) is 2.43. The van der Waals surface area contributed by atoms with Gasteiger partial charge in [-0.15, -0.1) is 0 Å². The minimum atomic E-state index is 0.630. The monoisotopic (exact) mass is 245 g/mol. The largest absolute Gasteiger partial charge is 0.310 e. The van der Waals surface area contributed by atoms with E-state index >= 15 is 0 Å². The second-order valence-corrected chi connectivity index (χ2v) is 6.06. The fraction of sp³-hybridized carbons (Fsp3) is 0.647. The van der Waals surface area contributed by atoms with Crippen molar-refractivity contribution in [2.45, 2.75) is 65.0 Å². The Morgan fingerprint density at radius 2 is 1.83 bits per heavy atom. The van der Waals surface area contributed by atoms with Crippen molar-refractivity contribution in [2.24, 2.45) is 5.92 Å². The van der Waals surface area contributed by atoms with Crippen LogP contribution in [-0.4, -0.2) is 6.04 Å². The van der Waals surface area contributed by atoms with Crippen LogP contribution in [-0.2, 0) is 6.54 Å². The number of benzene rings is 1. The van der Waals surface area contributed by atoms with E-state index in [0.29, 0.717) is 12.0 Å². The molecule has 1 aliphatic carbocycles. The van der Waals surface area contributed by atoms with Crippen LogP contribution in [0.5, 0.6) is 0 Å². The Kier molecular flexibility index (Phi) is 4.82. The van der Waals surface area contributed by atoms with Crippen molar-refractivity contribution in [3.05, 3.63) is 35.4 Å². The summed E-state index contributed by atoms with van der Waals surface area (Å²) in [4.78, 5) is 0. The van der Waals surface area contributed by atoms with E-state index in [1.54, 1.807) is 0 Å². The highest BCUT2D eigenvalue weighted by Gasteiger charge is 2.24. The molecule has 2 rings (SSSR count). The third kappa shape index (κ3) is 4.13. The van der Waals surface area contributed by atoms with E-state index in [9.17, 15) is 0 Å². The molecule has 100 valence electrons. The molecule has 0 saturated heterocycles. The molecular weight excluding hydrogens is 218 g/mol. The van der Waals surface area contributed by atoms with E-state index < -0.39 is 0 Å². The average Bonchev–Trinajstić information content (AvgIpc) is 3.18. The summed E-state index contributed by atoms with van der Waals surface area (Å²) in [7, 11) is 0. The van der Waals surface area contributed by atoms with Crippen LogP contribution in [0.4, 0.5) is 0 Å². The van der Waals surface area contributed by atoms with Gasteiger partial charge in [-0.25, -0.2) is 0 Å². The minimum Gasteiger partial charge on any atom is -0.310 e. The zero-order chi connectivity index (χ0) is 13.0. The lowest BCUT2D eigenvalue weighted by Crippen LogP contribution is -2.28. The van der Waals surface area contributed by atoms with Gasteiger partial charge in [-0.05, 0) is 35.8 Å². The maximum atomic E-state index is 3.71. The van der Waals surface area contributed by atoms with Gasteiger partial charge in [-0.1, -0.05) is 57.9 Å². The van der Waals surface area contributed by atoms with Crippen LogP contribution in [0.25, 0.3) is 0 Å². The van der Waals surface area contributed by atoms with Crippen molar-refractivity contribution in [3.8, 4) is 0 Å². The standard InChI is InChI=1S/C17H27N/c1-4-17(11-14-5-6-14)18-12-15-7-9-16(10-8-15)13(2)3/h7-10,13-14,17-18H,4-6,11-12H2,1-3H3. The quantitative estimate of drug-likeness (QED) is 0.747. The Hall–Kier alpha value is -0.820. The van der Waals surface area contributed by atoms with Crippen LogP contribution in [0.2, 0.25) is 0 Å². The zero-order valence-corrected chi connectivity index (χ0v) is 12.1. The molecule has 1 heteroatoms. The molecule has 1 N–H and O–H groups in total. The van der Waals surface area contributed by atoms with E-state index in [-0.39, 0.29) is 0 Å². The van der Waals surface area contributed by atoms with Gasteiger partial charge in [-0.2, -0.15) is 0 Å². The summed E-state index contributed by atoms with van der Waals surface area (Å²) in [6.45, 7) is 7.80.